The van der Waals surface area contributed by atoms with Gasteiger partial charge in [0.1, 0.15) is 17.2 Å². The molecule has 1 aliphatic heterocycles. The number of likely N-dealkylation sites (N-methyl/N-ethyl adjacent to an activating group) is 1. The molecule has 10 nitrogen and oxygen atoms in total. The molecule has 260 valence electrons. The van der Waals surface area contributed by atoms with Gasteiger partial charge in [0, 0.05) is 36.7 Å². The molecule has 1 aromatic heterocycles. The summed E-state index contributed by atoms with van der Waals surface area (Å²) in [6.07, 6.45) is 4.72. The fraction of sp³-hybridized carbons (Fsp3) is 0.788. The molecule has 0 bridgehead atoms. The van der Waals surface area contributed by atoms with E-state index in [4.69, 9.17) is 12.6 Å². The number of thiazole rings is 1. The molecular formula is C33H57BN4O6S2. The molecule has 2 rings (SSSR count). The van der Waals surface area contributed by atoms with Crippen molar-refractivity contribution in [3.05, 3.63) is 16.1 Å². The zero-order valence-corrected chi connectivity index (χ0v) is 30.7. The quantitative estimate of drug-likeness (QED) is 0.118. The first-order valence-corrected chi connectivity index (χ1v) is 18.1. The van der Waals surface area contributed by atoms with Crippen molar-refractivity contribution in [2.45, 2.75) is 124 Å². The van der Waals surface area contributed by atoms with Crippen LogP contribution in [0, 0.1) is 17.8 Å². The van der Waals surface area contributed by atoms with Crippen molar-refractivity contribution >= 4 is 53.6 Å². The molecule has 0 saturated carbocycles. The Morgan fingerprint density at radius 2 is 1.98 bits per heavy atom. The minimum atomic E-state index is -0.851. The summed E-state index contributed by atoms with van der Waals surface area (Å²) in [5, 5.41) is 10.1. The maximum atomic E-state index is 14.8. The Hall–Kier alpha value is -2.09. The third kappa shape index (κ3) is 12.2. The van der Waals surface area contributed by atoms with E-state index in [1.54, 1.807) is 24.1 Å². The van der Waals surface area contributed by atoms with Gasteiger partial charge in [0.2, 0.25) is 13.2 Å². The Balaban J connectivity index is 0.00000369. The number of carbonyl (C=O) groups is 4. The molecule has 13 heteroatoms. The van der Waals surface area contributed by atoms with Crippen molar-refractivity contribution in [2.24, 2.45) is 17.8 Å². The predicted octanol–water partition coefficient (Wildman–Crippen LogP) is 5.01. The number of aliphatic hydroxyl groups is 1. The molecule has 1 aliphatic rings. The van der Waals surface area contributed by atoms with Crippen molar-refractivity contribution in [1.82, 2.24) is 20.1 Å². The van der Waals surface area contributed by atoms with E-state index in [9.17, 15) is 19.2 Å². The van der Waals surface area contributed by atoms with Gasteiger partial charge in [-0.2, -0.15) is 0 Å². The third-order valence-electron chi connectivity index (χ3n) is 8.96. The van der Waals surface area contributed by atoms with Gasteiger partial charge in [0.25, 0.3) is 0 Å². The van der Waals surface area contributed by atoms with E-state index in [2.05, 4.69) is 27.3 Å². The second-order valence-corrected chi connectivity index (χ2v) is 13.4. The molecular weight excluding hydrogens is 623 g/mol. The van der Waals surface area contributed by atoms with Crippen LogP contribution in [-0.4, -0.2) is 97.8 Å². The summed E-state index contributed by atoms with van der Waals surface area (Å²) in [4.78, 5) is 62.4. The van der Waals surface area contributed by atoms with Crippen molar-refractivity contribution < 1.29 is 29.0 Å². The molecule has 0 aliphatic carbocycles. The van der Waals surface area contributed by atoms with Gasteiger partial charge in [-0.25, -0.2) is 9.78 Å². The van der Waals surface area contributed by atoms with Crippen molar-refractivity contribution in [3.8, 4) is 0 Å². The van der Waals surface area contributed by atoms with Crippen LogP contribution < -0.4 is 5.32 Å². The maximum Gasteiger partial charge on any atom is 0.357 e. The number of rotatable bonds is 19. The number of aliphatic hydroxyl groups excluding tert-OH is 1. The Bertz CT molecular complexity index is 1160. The number of ketones is 1. The second-order valence-electron chi connectivity index (χ2n) is 12.5. The van der Waals surface area contributed by atoms with Gasteiger partial charge >= 0.3 is 26.0 Å². The summed E-state index contributed by atoms with van der Waals surface area (Å²) < 4.78 is 18.9. The van der Waals surface area contributed by atoms with Crippen LogP contribution in [0.15, 0.2) is 5.38 Å². The van der Waals surface area contributed by atoms with Gasteiger partial charge in [-0.15, -0.1) is 11.3 Å². The van der Waals surface area contributed by atoms with E-state index in [1.165, 1.54) is 11.3 Å². The fourth-order valence-electron chi connectivity index (χ4n) is 5.91. The number of Topliss-reactive ketones (excluding diaryl/α,β-unsaturated/α-hetero) is 1. The summed E-state index contributed by atoms with van der Waals surface area (Å²) in [6, 6.07) is -1.55. The van der Waals surface area contributed by atoms with Gasteiger partial charge in [-0.1, -0.05) is 53.9 Å². The zero-order chi connectivity index (χ0) is 36.4. The third-order valence-corrected chi connectivity index (χ3v) is 9.89. The van der Waals surface area contributed by atoms with E-state index < -0.39 is 30.1 Å². The van der Waals surface area contributed by atoms with Crippen LogP contribution in [-0.2, 0) is 19.1 Å². The Labute approximate surface area is 289 Å². The van der Waals surface area contributed by atoms with E-state index in [1.807, 2.05) is 41.7 Å². The molecule has 2 heterocycles. The summed E-state index contributed by atoms with van der Waals surface area (Å²) in [5.74, 6) is -1.79. The minimum absolute atomic E-state index is 0.0681. The zero-order valence-electron chi connectivity index (χ0n) is 31.1. The SMILES string of the molecule is [2H]B=S.[3H]O[C@H](C[C@H](C(C)C)N(C(=O)[C@@H](CC(=O)[C@H]1CCCCN1C)[C@@H](C)CC)C(C)C(=O)NCCCC)c1nc(C(=O)OCC)cs1. The van der Waals surface area contributed by atoms with Crippen LogP contribution in [0.5, 0.6) is 0 Å². The smallest absolute Gasteiger partial charge is 0.357 e. The standard InChI is InChI=1S/C33H56N4O6S.BHS/c1-9-12-16-34-30(40)23(7)37(27(21(4)5)19-29(39)31-35-25(20-44-31)33(42)43-11-3)32(41)24(22(6)10-2)18-28(38)26-15-13-14-17-36(26)8;1-2/h20-24,26-27,29,39H,9-19H2,1-8H3,(H,34,40);1H/t22-,23?,24-,26+,27+,29+;/m0./s1/i39T;1D. The van der Waals surface area contributed by atoms with Crippen LogP contribution >= 0.6 is 23.4 Å². The number of likely N-dealkylation sites (tertiary alicyclic amines) is 1. The normalized spacial score (nSPS) is 18.8. The number of carbonyl (C=O) groups excluding carboxylic acids is 4. The number of hydrogen-bond acceptors (Lipinski definition) is 10. The van der Waals surface area contributed by atoms with E-state index >= 15 is 0 Å². The van der Waals surface area contributed by atoms with Gasteiger partial charge in [0.15, 0.2) is 11.5 Å². The minimum Gasteiger partial charge on any atom is -0.461 e. The first kappa shape index (κ1) is 38.4. The number of esters is 1. The summed E-state index contributed by atoms with van der Waals surface area (Å²) >= 11 is 5.12. The number of piperidine rings is 1. The topological polar surface area (TPSA) is 129 Å². The van der Waals surface area contributed by atoms with Crippen LogP contribution in [0.3, 0.4) is 0 Å². The predicted molar refractivity (Wildman–Crippen MR) is 188 cm³/mol. The molecule has 1 aromatic rings. The molecule has 0 spiro atoms. The molecule has 46 heavy (non-hydrogen) atoms. The molecule has 2 N–H and O–H groups in total. The molecule has 0 radical (unpaired) electrons. The first-order valence-electron chi connectivity index (χ1n) is 17.7. The number of aromatic nitrogens is 1. The monoisotopic (exact) mass is 683 g/mol. The van der Waals surface area contributed by atoms with E-state index in [0.717, 1.165) is 45.3 Å². The molecule has 2 amide bonds. The van der Waals surface area contributed by atoms with Crippen LogP contribution in [0.1, 0.15) is 121 Å². The Kier molecular flexibility index (Phi) is 18.1. The summed E-state index contributed by atoms with van der Waals surface area (Å²) in [7, 11) is 1.97. The first-order chi connectivity index (χ1) is 22.8. The summed E-state index contributed by atoms with van der Waals surface area (Å²) in [5.41, 5.74) is 0.139. The summed E-state index contributed by atoms with van der Waals surface area (Å²) in [6.45, 7) is 15.9. The number of nitrogens with one attached hydrogen (secondary N) is 1. The molecule has 6 atom stereocenters. The number of hydrogen-bond donors (Lipinski definition) is 2. The number of nitrogens with zero attached hydrogens (tertiary/aromatic N) is 3. The molecule has 0 aromatic carbocycles. The van der Waals surface area contributed by atoms with Gasteiger partial charge in [-0.3, -0.25) is 19.3 Å². The second kappa shape index (κ2) is 21.7. The van der Waals surface area contributed by atoms with E-state index in [-0.39, 0.29) is 60.6 Å². The largest absolute Gasteiger partial charge is 0.461 e. The van der Waals surface area contributed by atoms with Crippen LogP contribution in [0.2, 0.25) is 0 Å². The Morgan fingerprint density at radius 3 is 2.54 bits per heavy atom. The molecule has 1 unspecified atom stereocenters. The van der Waals surface area contributed by atoms with E-state index in [0.29, 0.717) is 18.0 Å². The van der Waals surface area contributed by atoms with Crippen LogP contribution in [0.4, 0.5) is 0 Å². The average Bonchev–Trinajstić information content (AvgIpc) is 3.55. The number of amides is 2. The maximum absolute atomic E-state index is 14.8. The molecule has 1 saturated heterocycles. The van der Waals surface area contributed by atoms with Crippen LogP contribution in [0.25, 0.3) is 0 Å². The number of ether oxygens (including phenoxy) is 1. The van der Waals surface area contributed by atoms with Gasteiger partial charge in [-0.05, 0) is 58.5 Å². The van der Waals surface area contributed by atoms with Gasteiger partial charge in [0.05, 0.1) is 12.6 Å². The van der Waals surface area contributed by atoms with Gasteiger partial charge < -0.3 is 20.1 Å². The van der Waals surface area contributed by atoms with Crippen molar-refractivity contribution in [3.63, 3.8) is 0 Å². The Morgan fingerprint density at radius 1 is 1.28 bits per heavy atom. The fourth-order valence-corrected chi connectivity index (χ4v) is 6.69. The molecule has 1 fully saturated rings. The average molecular weight is 684 g/mol. The number of unbranched alkanes of at least 4 members (excludes halogenated alkanes) is 1. The van der Waals surface area contributed by atoms with Crippen molar-refractivity contribution in [2.75, 3.05) is 26.7 Å². The van der Waals surface area contributed by atoms with Crippen molar-refractivity contribution in [1.29, 1.82) is 2.77 Å².